The lowest BCUT2D eigenvalue weighted by Gasteiger charge is -2.20. The van der Waals surface area contributed by atoms with E-state index in [-0.39, 0.29) is 6.79 Å². The predicted molar refractivity (Wildman–Crippen MR) is 76.5 cm³/mol. The van der Waals surface area contributed by atoms with Gasteiger partial charge < -0.3 is 14.2 Å². The first-order chi connectivity index (χ1) is 9.35. The van der Waals surface area contributed by atoms with E-state index in [9.17, 15) is 4.79 Å². The highest BCUT2D eigenvalue weighted by Crippen LogP contribution is 2.36. The molecular formula is C13H17BrN2O4. The molecule has 1 heterocycles. The fraction of sp³-hybridized carbons (Fsp3) is 0.462. The van der Waals surface area contributed by atoms with Gasteiger partial charge in [0.1, 0.15) is 5.60 Å². The van der Waals surface area contributed by atoms with Crippen LogP contribution in [0.25, 0.3) is 0 Å². The molecule has 0 saturated heterocycles. The third kappa shape index (κ3) is 4.01. The Morgan fingerprint density at radius 2 is 2.00 bits per heavy atom. The summed E-state index contributed by atoms with van der Waals surface area (Å²) in [6.45, 7) is 6.08. The van der Waals surface area contributed by atoms with Crippen molar-refractivity contribution in [2.24, 2.45) is 0 Å². The van der Waals surface area contributed by atoms with Gasteiger partial charge in [0.05, 0.1) is 0 Å². The van der Waals surface area contributed by atoms with E-state index in [0.717, 1.165) is 10.0 Å². The number of fused-ring (bicyclic) bond motifs is 1. The van der Waals surface area contributed by atoms with Crippen LogP contribution in [0, 0.1) is 0 Å². The highest BCUT2D eigenvalue weighted by Gasteiger charge is 2.17. The highest BCUT2D eigenvalue weighted by atomic mass is 79.9. The third-order valence-electron chi connectivity index (χ3n) is 2.41. The number of hydrazine groups is 1. The Morgan fingerprint density at radius 3 is 2.65 bits per heavy atom. The second-order valence-electron chi connectivity index (χ2n) is 5.28. The van der Waals surface area contributed by atoms with E-state index >= 15 is 0 Å². The molecule has 1 aliphatic heterocycles. The van der Waals surface area contributed by atoms with Crippen molar-refractivity contribution in [2.45, 2.75) is 32.9 Å². The Bertz CT molecular complexity index is 514. The Balaban J connectivity index is 1.87. The van der Waals surface area contributed by atoms with Gasteiger partial charge in [0, 0.05) is 11.0 Å². The van der Waals surface area contributed by atoms with Crippen molar-refractivity contribution in [1.82, 2.24) is 10.9 Å². The SMILES string of the molecule is CC(C)(C)OC(=O)NNCc1cc2c(cc1Br)OCO2. The molecule has 110 valence electrons. The van der Waals surface area contributed by atoms with Crippen molar-refractivity contribution in [3.63, 3.8) is 0 Å². The summed E-state index contributed by atoms with van der Waals surface area (Å²) in [4.78, 5) is 11.5. The zero-order valence-corrected chi connectivity index (χ0v) is 13.2. The zero-order chi connectivity index (χ0) is 14.8. The fourth-order valence-corrected chi connectivity index (χ4v) is 2.07. The van der Waals surface area contributed by atoms with Crippen LogP contribution in [-0.2, 0) is 11.3 Å². The standard InChI is InChI=1S/C13H17BrN2O4/c1-13(2,3)20-12(17)16-15-6-8-4-10-11(5-9(8)14)19-7-18-10/h4-5,15H,6-7H2,1-3H3,(H,16,17). The summed E-state index contributed by atoms with van der Waals surface area (Å²) >= 11 is 3.45. The first-order valence-electron chi connectivity index (χ1n) is 6.15. The maximum absolute atomic E-state index is 11.5. The summed E-state index contributed by atoms with van der Waals surface area (Å²) in [6, 6.07) is 3.70. The van der Waals surface area contributed by atoms with Gasteiger partial charge in [-0.25, -0.2) is 10.2 Å². The van der Waals surface area contributed by atoms with Gasteiger partial charge in [-0.15, -0.1) is 0 Å². The maximum Gasteiger partial charge on any atom is 0.422 e. The van der Waals surface area contributed by atoms with E-state index in [0.29, 0.717) is 18.0 Å². The average molecular weight is 345 g/mol. The first-order valence-corrected chi connectivity index (χ1v) is 6.94. The number of benzene rings is 1. The van der Waals surface area contributed by atoms with Crippen LogP contribution in [0.15, 0.2) is 16.6 Å². The van der Waals surface area contributed by atoms with Crippen LogP contribution in [0.4, 0.5) is 4.79 Å². The number of rotatable bonds is 3. The summed E-state index contributed by atoms with van der Waals surface area (Å²) in [6.07, 6.45) is -0.519. The first kappa shape index (κ1) is 14.9. The molecule has 1 aromatic carbocycles. The number of carbonyl (C=O) groups excluding carboxylic acids is 1. The molecule has 2 rings (SSSR count). The molecule has 0 aliphatic carbocycles. The van der Waals surface area contributed by atoms with Crippen molar-refractivity contribution in [3.8, 4) is 11.5 Å². The number of halogens is 1. The molecule has 0 fully saturated rings. The molecule has 0 saturated carbocycles. The summed E-state index contributed by atoms with van der Waals surface area (Å²) in [5.74, 6) is 1.41. The van der Waals surface area contributed by atoms with Crippen LogP contribution in [-0.4, -0.2) is 18.5 Å². The molecular weight excluding hydrogens is 328 g/mol. The van der Waals surface area contributed by atoms with E-state index in [1.807, 2.05) is 12.1 Å². The number of hydrogen-bond acceptors (Lipinski definition) is 5. The van der Waals surface area contributed by atoms with E-state index < -0.39 is 11.7 Å². The predicted octanol–water partition coefficient (Wildman–Crippen LogP) is 2.71. The van der Waals surface area contributed by atoms with Gasteiger partial charge in [-0.1, -0.05) is 15.9 Å². The molecule has 1 amide bonds. The van der Waals surface area contributed by atoms with Crippen LogP contribution in [0.1, 0.15) is 26.3 Å². The number of nitrogens with one attached hydrogen (secondary N) is 2. The highest BCUT2D eigenvalue weighted by molar-refractivity contribution is 9.10. The second kappa shape index (κ2) is 5.88. The summed E-state index contributed by atoms with van der Waals surface area (Å²) < 4.78 is 16.6. The second-order valence-corrected chi connectivity index (χ2v) is 6.13. The summed E-state index contributed by atoms with van der Waals surface area (Å²) in [5.41, 5.74) is 5.70. The largest absolute Gasteiger partial charge is 0.454 e. The van der Waals surface area contributed by atoms with Gasteiger partial charge in [-0.3, -0.25) is 5.43 Å². The van der Waals surface area contributed by atoms with Gasteiger partial charge >= 0.3 is 6.09 Å². The van der Waals surface area contributed by atoms with E-state index in [2.05, 4.69) is 26.8 Å². The molecule has 0 bridgehead atoms. The Kier molecular flexibility index (Phi) is 4.39. The van der Waals surface area contributed by atoms with Crippen LogP contribution in [0.3, 0.4) is 0 Å². The topological polar surface area (TPSA) is 68.8 Å². The van der Waals surface area contributed by atoms with Gasteiger partial charge in [0.2, 0.25) is 6.79 Å². The van der Waals surface area contributed by atoms with Crippen molar-refractivity contribution in [2.75, 3.05) is 6.79 Å². The minimum Gasteiger partial charge on any atom is -0.454 e. The van der Waals surface area contributed by atoms with Crippen LogP contribution in [0.2, 0.25) is 0 Å². The molecule has 20 heavy (non-hydrogen) atoms. The molecule has 7 heteroatoms. The molecule has 0 atom stereocenters. The average Bonchev–Trinajstić information content (AvgIpc) is 2.73. The lowest BCUT2D eigenvalue weighted by molar-refractivity contribution is 0.0497. The Morgan fingerprint density at radius 1 is 1.35 bits per heavy atom. The van der Waals surface area contributed by atoms with Crippen LogP contribution in [0.5, 0.6) is 11.5 Å². The van der Waals surface area contributed by atoms with Gasteiger partial charge in [-0.05, 0) is 38.5 Å². The molecule has 6 nitrogen and oxygen atoms in total. The summed E-state index contributed by atoms with van der Waals surface area (Å²) in [7, 11) is 0. The smallest absolute Gasteiger partial charge is 0.422 e. The molecule has 2 N–H and O–H groups in total. The normalized spacial score (nSPS) is 13.2. The molecule has 0 radical (unpaired) electrons. The maximum atomic E-state index is 11.5. The number of carbonyl (C=O) groups is 1. The summed E-state index contributed by atoms with van der Waals surface area (Å²) in [5, 5.41) is 0. The monoisotopic (exact) mass is 344 g/mol. The Hall–Kier alpha value is -1.47. The minimum atomic E-state index is -0.523. The molecule has 0 aromatic heterocycles. The van der Waals surface area contributed by atoms with Crippen molar-refractivity contribution >= 4 is 22.0 Å². The Labute approximate surface area is 125 Å². The zero-order valence-electron chi connectivity index (χ0n) is 11.6. The van der Waals surface area contributed by atoms with E-state index in [1.54, 1.807) is 20.8 Å². The van der Waals surface area contributed by atoms with Crippen LogP contribution >= 0.6 is 15.9 Å². The van der Waals surface area contributed by atoms with Gasteiger partial charge in [0.25, 0.3) is 0 Å². The van der Waals surface area contributed by atoms with Crippen molar-refractivity contribution in [1.29, 1.82) is 0 Å². The van der Waals surface area contributed by atoms with Gasteiger partial charge in [0.15, 0.2) is 11.5 Å². The lowest BCUT2D eigenvalue weighted by Crippen LogP contribution is -2.40. The fourth-order valence-electron chi connectivity index (χ4n) is 1.61. The molecule has 0 spiro atoms. The number of ether oxygens (including phenoxy) is 3. The van der Waals surface area contributed by atoms with Gasteiger partial charge in [-0.2, -0.15) is 0 Å². The van der Waals surface area contributed by atoms with Crippen molar-refractivity contribution < 1.29 is 19.0 Å². The van der Waals surface area contributed by atoms with Crippen molar-refractivity contribution in [3.05, 3.63) is 22.2 Å². The molecule has 0 unspecified atom stereocenters. The van der Waals surface area contributed by atoms with Crippen LogP contribution < -0.4 is 20.3 Å². The number of amides is 1. The third-order valence-corrected chi connectivity index (χ3v) is 3.15. The van der Waals surface area contributed by atoms with E-state index in [1.165, 1.54) is 0 Å². The minimum absolute atomic E-state index is 0.231. The lowest BCUT2D eigenvalue weighted by atomic mass is 10.2. The van der Waals surface area contributed by atoms with E-state index in [4.69, 9.17) is 14.2 Å². The quantitative estimate of drug-likeness (QED) is 0.825. The molecule has 1 aromatic rings. The number of hydrogen-bond donors (Lipinski definition) is 2. The molecule has 1 aliphatic rings.